The van der Waals surface area contributed by atoms with E-state index in [1.807, 2.05) is 48.5 Å². The van der Waals surface area contributed by atoms with Crippen molar-refractivity contribution in [3.63, 3.8) is 0 Å². The summed E-state index contributed by atoms with van der Waals surface area (Å²) in [4.78, 5) is 12.1. The molecular weight excluding hydrogens is 320 g/mol. The fourth-order valence-corrected chi connectivity index (χ4v) is 2.01. The van der Waals surface area contributed by atoms with Crippen molar-refractivity contribution in [2.24, 2.45) is 11.3 Å². The smallest absolute Gasteiger partial charge is 0.434 e. The van der Waals surface area contributed by atoms with Gasteiger partial charge in [0.05, 0.1) is 11.2 Å². The van der Waals surface area contributed by atoms with Crippen molar-refractivity contribution in [3.05, 3.63) is 0 Å². The molecule has 0 aromatic carbocycles. The van der Waals surface area contributed by atoms with Gasteiger partial charge in [-0.1, -0.05) is 27.7 Å². The van der Waals surface area contributed by atoms with Crippen LogP contribution in [0.25, 0.3) is 0 Å². The summed E-state index contributed by atoms with van der Waals surface area (Å²) in [6, 6.07) is 0. The average Bonchev–Trinajstić information content (AvgIpc) is 2.42. The first kappa shape index (κ1) is 24.2. The monoisotopic (exact) mass is 360 g/mol. The summed E-state index contributed by atoms with van der Waals surface area (Å²) in [5.41, 5.74) is -2.04. The summed E-state index contributed by atoms with van der Waals surface area (Å²) in [6.45, 7) is 20.2. The van der Waals surface area contributed by atoms with E-state index in [0.29, 0.717) is 13.0 Å². The van der Waals surface area contributed by atoms with Gasteiger partial charge in [-0.15, -0.1) is 0 Å². The highest BCUT2D eigenvalue weighted by Gasteiger charge is 2.41. The molecule has 0 bridgehead atoms. The normalized spacial score (nSPS) is 16.9. The van der Waals surface area contributed by atoms with E-state index in [4.69, 9.17) is 14.2 Å². The Morgan fingerprint density at radius 2 is 1.56 bits per heavy atom. The predicted molar refractivity (Wildman–Crippen MR) is 101 cm³/mol. The second-order valence-corrected chi connectivity index (χ2v) is 9.38. The van der Waals surface area contributed by atoms with E-state index < -0.39 is 17.4 Å². The Hall–Kier alpha value is -0.810. The van der Waals surface area contributed by atoms with Crippen LogP contribution in [0, 0.1) is 11.3 Å². The lowest BCUT2D eigenvalue weighted by Gasteiger charge is -2.41. The molecule has 1 N–H and O–H groups in total. The van der Waals surface area contributed by atoms with Crippen LogP contribution in [0.15, 0.2) is 0 Å². The van der Waals surface area contributed by atoms with E-state index in [1.165, 1.54) is 0 Å². The number of carbonyl (C=O) groups excluding carboxylic acids is 1. The molecule has 0 heterocycles. The molecule has 25 heavy (non-hydrogen) atoms. The van der Waals surface area contributed by atoms with Gasteiger partial charge >= 0.3 is 6.16 Å². The zero-order valence-electron chi connectivity index (χ0n) is 18.0. The first-order chi connectivity index (χ1) is 11.0. The predicted octanol–water partition coefficient (Wildman–Crippen LogP) is 4.95. The number of rotatable bonds is 9. The van der Waals surface area contributed by atoms with Gasteiger partial charge in [-0.2, -0.15) is 0 Å². The molecule has 2 unspecified atom stereocenters. The van der Waals surface area contributed by atoms with Gasteiger partial charge in [-0.25, -0.2) is 4.79 Å². The lowest BCUT2D eigenvalue weighted by atomic mass is 9.74. The summed E-state index contributed by atoms with van der Waals surface area (Å²) in [7, 11) is 0. The van der Waals surface area contributed by atoms with Gasteiger partial charge in [-0.3, -0.25) is 0 Å². The molecule has 2 atom stereocenters. The minimum Gasteiger partial charge on any atom is -0.434 e. The van der Waals surface area contributed by atoms with Crippen LogP contribution in [0.1, 0.15) is 82.1 Å². The van der Waals surface area contributed by atoms with Crippen LogP contribution in [0.2, 0.25) is 0 Å². The molecule has 5 heteroatoms. The van der Waals surface area contributed by atoms with E-state index in [0.717, 1.165) is 6.42 Å². The number of hydrogen-bond donors (Lipinski definition) is 1. The molecule has 0 saturated carbocycles. The minimum atomic E-state index is -0.862. The number of ether oxygens (including phenoxy) is 3. The van der Waals surface area contributed by atoms with Crippen LogP contribution in [0.4, 0.5) is 4.79 Å². The fourth-order valence-electron chi connectivity index (χ4n) is 2.01. The summed E-state index contributed by atoms with van der Waals surface area (Å²) in [6.07, 6.45) is 0.651. The number of hydrogen-bond acceptors (Lipinski definition) is 5. The molecule has 5 nitrogen and oxygen atoms in total. The van der Waals surface area contributed by atoms with Crippen molar-refractivity contribution in [2.45, 2.75) is 98.9 Å². The molecule has 0 rings (SSSR count). The van der Waals surface area contributed by atoms with Crippen molar-refractivity contribution in [3.8, 4) is 0 Å². The molecule has 0 aliphatic carbocycles. The molecule has 0 spiro atoms. The van der Waals surface area contributed by atoms with Crippen molar-refractivity contribution in [1.82, 2.24) is 0 Å². The summed E-state index contributed by atoms with van der Waals surface area (Å²) in [5.74, 6) is -0.165. The molecule has 0 aliphatic rings. The maximum absolute atomic E-state index is 12.1. The third-order valence-corrected chi connectivity index (χ3v) is 5.46. The van der Waals surface area contributed by atoms with Gasteiger partial charge < -0.3 is 19.3 Å². The number of aliphatic hydroxyl groups is 1. The van der Waals surface area contributed by atoms with Gasteiger partial charge in [0.15, 0.2) is 0 Å². The highest BCUT2D eigenvalue weighted by Crippen LogP contribution is 2.37. The van der Waals surface area contributed by atoms with Crippen LogP contribution >= 0.6 is 0 Å². The van der Waals surface area contributed by atoms with Gasteiger partial charge in [-0.05, 0) is 54.4 Å². The zero-order valence-corrected chi connectivity index (χ0v) is 18.0. The minimum absolute atomic E-state index is 0.128. The SMILES string of the molecule is CCC(C)(O)C(C)COC(=O)OC(C)(C)C(C)(C)CCOC(C)(C)C. The second kappa shape index (κ2) is 8.72. The lowest BCUT2D eigenvalue weighted by Crippen LogP contribution is -2.45. The van der Waals surface area contributed by atoms with Crippen LogP contribution in [0.5, 0.6) is 0 Å². The molecular formula is C20H40O5. The second-order valence-electron chi connectivity index (χ2n) is 9.38. The maximum Gasteiger partial charge on any atom is 0.508 e. The van der Waals surface area contributed by atoms with Gasteiger partial charge in [0.1, 0.15) is 12.2 Å². The van der Waals surface area contributed by atoms with Crippen molar-refractivity contribution in [2.75, 3.05) is 13.2 Å². The molecule has 0 saturated heterocycles. The van der Waals surface area contributed by atoms with Gasteiger partial charge in [0.2, 0.25) is 0 Å². The first-order valence-corrected chi connectivity index (χ1v) is 9.26. The van der Waals surface area contributed by atoms with E-state index in [1.54, 1.807) is 6.92 Å². The van der Waals surface area contributed by atoms with E-state index in [2.05, 4.69) is 13.8 Å². The third kappa shape index (κ3) is 8.41. The topological polar surface area (TPSA) is 65.0 Å². The van der Waals surface area contributed by atoms with E-state index >= 15 is 0 Å². The Morgan fingerprint density at radius 3 is 2.00 bits per heavy atom. The van der Waals surface area contributed by atoms with Crippen LogP contribution in [-0.4, -0.2) is 41.3 Å². The van der Waals surface area contributed by atoms with Crippen molar-refractivity contribution in [1.29, 1.82) is 0 Å². The third-order valence-electron chi connectivity index (χ3n) is 5.46. The Kier molecular flexibility index (Phi) is 8.44. The van der Waals surface area contributed by atoms with Crippen molar-refractivity contribution >= 4 is 6.16 Å². The summed E-state index contributed by atoms with van der Waals surface area (Å²) in [5, 5.41) is 10.2. The largest absolute Gasteiger partial charge is 0.508 e. The molecule has 150 valence electrons. The van der Waals surface area contributed by atoms with Crippen LogP contribution in [0.3, 0.4) is 0 Å². The van der Waals surface area contributed by atoms with E-state index in [9.17, 15) is 9.90 Å². The lowest BCUT2D eigenvalue weighted by molar-refractivity contribution is -0.104. The summed E-state index contributed by atoms with van der Waals surface area (Å²) < 4.78 is 16.6. The Morgan fingerprint density at radius 1 is 1.04 bits per heavy atom. The van der Waals surface area contributed by atoms with Gasteiger partial charge in [0.25, 0.3) is 0 Å². The molecule has 0 aromatic heterocycles. The Bertz CT molecular complexity index is 418. The highest BCUT2D eigenvalue weighted by atomic mass is 16.7. The molecule has 0 amide bonds. The Balaban J connectivity index is 4.59. The van der Waals surface area contributed by atoms with Crippen molar-refractivity contribution < 1.29 is 24.1 Å². The molecule has 0 aliphatic heterocycles. The Labute approximate surface area is 154 Å². The quantitative estimate of drug-likeness (QED) is 0.590. The highest BCUT2D eigenvalue weighted by molar-refractivity contribution is 5.60. The standard InChI is InChI=1S/C20H40O5/c1-11-20(10,22)15(2)14-23-16(21)25-19(8,9)18(6,7)12-13-24-17(3,4)5/h15,22H,11-14H2,1-10H3. The molecule has 0 aromatic rings. The summed E-state index contributed by atoms with van der Waals surface area (Å²) >= 11 is 0. The maximum atomic E-state index is 12.1. The first-order valence-electron chi connectivity index (χ1n) is 9.26. The van der Waals surface area contributed by atoms with Crippen LogP contribution < -0.4 is 0 Å². The van der Waals surface area contributed by atoms with Gasteiger partial charge in [0, 0.05) is 17.9 Å². The average molecular weight is 361 g/mol. The molecule has 0 radical (unpaired) electrons. The zero-order chi connectivity index (χ0) is 20.1. The van der Waals surface area contributed by atoms with Crippen LogP contribution in [-0.2, 0) is 14.2 Å². The molecule has 0 fully saturated rings. The van der Waals surface area contributed by atoms with E-state index in [-0.39, 0.29) is 23.5 Å². The fraction of sp³-hybridized carbons (Fsp3) is 0.950. The number of carbonyl (C=O) groups is 1.